The van der Waals surface area contributed by atoms with Crippen molar-refractivity contribution in [2.75, 3.05) is 33.4 Å². The lowest BCUT2D eigenvalue weighted by Crippen LogP contribution is -2.39. The highest BCUT2D eigenvalue weighted by Gasteiger charge is 2.40. The second-order valence-electron chi connectivity index (χ2n) is 7.78. The summed E-state index contributed by atoms with van der Waals surface area (Å²) in [5, 5.41) is 0. The van der Waals surface area contributed by atoms with Gasteiger partial charge in [-0.05, 0) is 67.1 Å². The molecular formula is C23H30N2O2. The summed E-state index contributed by atoms with van der Waals surface area (Å²) in [6.45, 7) is 3.74. The Morgan fingerprint density at radius 3 is 2.67 bits per heavy atom. The van der Waals surface area contributed by atoms with Crippen LogP contribution in [0.5, 0.6) is 5.75 Å². The molecule has 1 heterocycles. The third-order valence-corrected chi connectivity index (χ3v) is 6.04. The zero-order valence-corrected chi connectivity index (χ0v) is 16.1. The number of methoxy groups -OCH3 is 1. The maximum Gasteiger partial charge on any atom is 0.140 e. The van der Waals surface area contributed by atoms with E-state index < -0.39 is 0 Å². The average molecular weight is 367 g/mol. The van der Waals surface area contributed by atoms with Gasteiger partial charge in [-0.1, -0.05) is 36.4 Å². The van der Waals surface area contributed by atoms with Crippen LogP contribution in [-0.4, -0.2) is 44.3 Å². The van der Waals surface area contributed by atoms with Crippen molar-refractivity contribution < 1.29 is 9.47 Å². The van der Waals surface area contributed by atoms with E-state index >= 15 is 0 Å². The van der Waals surface area contributed by atoms with E-state index in [1.807, 2.05) is 0 Å². The lowest BCUT2D eigenvalue weighted by atomic mass is 10.1. The van der Waals surface area contributed by atoms with Gasteiger partial charge in [0.05, 0.1) is 12.6 Å². The topological polar surface area (TPSA) is 47.7 Å². The van der Waals surface area contributed by atoms with Gasteiger partial charge in [0.2, 0.25) is 0 Å². The molecule has 27 heavy (non-hydrogen) atoms. The fraction of sp³-hybridized carbons (Fsp3) is 0.478. The summed E-state index contributed by atoms with van der Waals surface area (Å²) in [5.74, 6) is 1.56. The molecule has 1 aliphatic carbocycles. The van der Waals surface area contributed by atoms with Crippen molar-refractivity contribution in [1.82, 2.24) is 4.90 Å². The molecule has 0 amide bonds. The fourth-order valence-corrected chi connectivity index (χ4v) is 4.46. The molecular weight excluding hydrogens is 336 g/mol. The summed E-state index contributed by atoms with van der Waals surface area (Å²) in [7, 11) is 1.74. The molecule has 1 fully saturated rings. The monoisotopic (exact) mass is 366 g/mol. The first-order chi connectivity index (χ1) is 13.3. The quantitative estimate of drug-likeness (QED) is 0.817. The van der Waals surface area contributed by atoms with Crippen molar-refractivity contribution in [1.29, 1.82) is 0 Å². The Kier molecular flexibility index (Phi) is 5.77. The van der Waals surface area contributed by atoms with E-state index in [1.54, 1.807) is 7.11 Å². The van der Waals surface area contributed by atoms with Crippen LogP contribution in [0.2, 0.25) is 0 Å². The molecule has 1 saturated heterocycles. The molecule has 4 nitrogen and oxygen atoms in total. The molecule has 144 valence electrons. The molecule has 0 spiro atoms. The maximum absolute atomic E-state index is 6.55. The highest BCUT2D eigenvalue weighted by atomic mass is 16.5. The van der Waals surface area contributed by atoms with Crippen molar-refractivity contribution in [3.8, 4) is 5.75 Å². The molecule has 0 radical (unpaired) electrons. The first-order valence-corrected chi connectivity index (χ1v) is 10.0. The van der Waals surface area contributed by atoms with E-state index in [-0.39, 0.29) is 6.10 Å². The van der Waals surface area contributed by atoms with Crippen LogP contribution in [0.3, 0.4) is 0 Å². The van der Waals surface area contributed by atoms with Crippen LogP contribution in [0.1, 0.15) is 29.2 Å². The molecule has 1 aliphatic heterocycles. The molecule has 2 aromatic rings. The predicted molar refractivity (Wildman–Crippen MR) is 108 cm³/mol. The van der Waals surface area contributed by atoms with Gasteiger partial charge in [-0.3, -0.25) is 4.90 Å². The fourth-order valence-electron chi connectivity index (χ4n) is 4.46. The molecule has 2 N–H and O–H groups in total. The lowest BCUT2D eigenvalue weighted by molar-refractivity contribution is 0.0917. The average Bonchev–Trinajstić information content (AvgIpc) is 3.32. The highest BCUT2D eigenvalue weighted by Crippen LogP contribution is 2.39. The number of nitrogens with two attached hydrogens (primary N) is 1. The molecule has 0 bridgehead atoms. The van der Waals surface area contributed by atoms with Crippen molar-refractivity contribution in [3.05, 3.63) is 65.2 Å². The largest absolute Gasteiger partial charge is 0.484 e. The summed E-state index contributed by atoms with van der Waals surface area (Å²) in [5.41, 5.74) is 9.95. The van der Waals surface area contributed by atoms with Crippen LogP contribution >= 0.6 is 0 Å². The SMILES string of the molecule is COCCc1ccc(O[C@@H]2c3ccccc3C[C@H]2N2CCC(CN)C2)cc1. The summed E-state index contributed by atoms with van der Waals surface area (Å²) >= 11 is 0. The smallest absolute Gasteiger partial charge is 0.140 e. The number of benzene rings is 2. The summed E-state index contributed by atoms with van der Waals surface area (Å²) in [6.07, 6.45) is 3.27. The van der Waals surface area contributed by atoms with Crippen molar-refractivity contribution in [2.45, 2.75) is 31.4 Å². The minimum absolute atomic E-state index is 0.0857. The van der Waals surface area contributed by atoms with E-state index in [0.717, 1.165) is 44.8 Å². The molecule has 0 aromatic heterocycles. The Hall–Kier alpha value is -1.88. The van der Waals surface area contributed by atoms with Crippen molar-refractivity contribution >= 4 is 0 Å². The Morgan fingerprint density at radius 2 is 1.93 bits per heavy atom. The lowest BCUT2D eigenvalue weighted by Gasteiger charge is -2.30. The number of rotatable bonds is 7. The van der Waals surface area contributed by atoms with Gasteiger partial charge < -0.3 is 15.2 Å². The third kappa shape index (κ3) is 4.03. The predicted octanol–water partition coefficient (Wildman–Crippen LogP) is 3.20. The number of ether oxygens (including phenoxy) is 2. The van der Waals surface area contributed by atoms with Gasteiger partial charge in [0, 0.05) is 13.7 Å². The van der Waals surface area contributed by atoms with E-state index in [4.69, 9.17) is 15.2 Å². The van der Waals surface area contributed by atoms with Gasteiger partial charge in [-0.2, -0.15) is 0 Å². The zero-order valence-electron chi connectivity index (χ0n) is 16.1. The molecule has 2 aliphatic rings. The van der Waals surface area contributed by atoms with Crippen LogP contribution in [0.25, 0.3) is 0 Å². The van der Waals surface area contributed by atoms with Gasteiger partial charge >= 0.3 is 0 Å². The van der Waals surface area contributed by atoms with Gasteiger partial charge in [0.1, 0.15) is 11.9 Å². The second kappa shape index (κ2) is 8.42. The highest BCUT2D eigenvalue weighted by molar-refractivity contribution is 5.38. The Bertz CT molecular complexity index is 746. The Labute approximate surface area is 162 Å². The molecule has 4 heteroatoms. The zero-order chi connectivity index (χ0) is 18.6. The second-order valence-corrected chi connectivity index (χ2v) is 7.78. The van der Waals surface area contributed by atoms with E-state index in [2.05, 4.69) is 53.4 Å². The first kappa shape index (κ1) is 18.5. The number of likely N-dealkylation sites (tertiary alicyclic amines) is 1. The van der Waals surface area contributed by atoms with Crippen molar-refractivity contribution in [3.63, 3.8) is 0 Å². The van der Waals surface area contributed by atoms with Gasteiger partial charge in [-0.15, -0.1) is 0 Å². The van der Waals surface area contributed by atoms with Crippen LogP contribution < -0.4 is 10.5 Å². The minimum atomic E-state index is 0.0857. The normalized spacial score (nSPS) is 24.9. The molecule has 4 rings (SSSR count). The van der Waals surface area contributed by atoms with Gasteiger partial charge in [0.25, 0.3) is 0 Å². The first-order valence-electron chi connectivity index (χ1n) is 10.0. The van der Waals surface area contributed by atoms with Gasteiger partial charge in [0.15, 0.2) is 0 Å². The summed E-state index contributed by atoms with van der Waals surface area (Å²) in [4.78, 5) is 2.59. The van der Waals surface area contributed by atoms with Crippen molar-refractivity contribution in [2.24, 2.45) is 11.7 Å². The number of nitrogens with zero attached hydrogens (tertiary/aromatic N) is 1. The summed E-state index contributed by atoms with van der Waals surface area (Å²) in [6, 6.07) is 17.6. The van der Waals surface area contributed by atoms with E-state index in [1.165, 1.54) is 23.1 Å². The van der Waals surface area contributed by atoms with Crippen LogP contribution in [0.4, 0.5) is 0 Å². The van der Waals surface area contributed by atoms with Crippen LogP contribution in [0, 0.1) is 5.92 Å². The van der Waals surface area contributed by atoms with Gasteiger partial charge in [-0.25, -0.2) is 0 Å². The van der Waals surface area contributed by atoms with E-state index in [0.29, 0.717) is 12.0 Å². The summed E-state index contributed by atoms with van der Waals surface area (Å²) < 4.78 is 11.7. The Morgan fingerprint density at radius 1 is 1.11 bits per heavy atom. The number of hydrogen-bond acceptors (Lipinski definition) is 4. The molecule has 3 atom stereocenters. The van der Waals surface area contributed by atoms with Crippen LogP contribution in [-0.2, 0) is 17.6 Å². The van der Waals surface area contributed by atoms with Crippen LogP contribution in [0.15, 0.2) is 48.5 Å². The standard InChI is InChI=1S/C23H30N2O2/c1-26-13-11-17-6-8-20(9-7-17)27-23-21-5-3-2-4-19(21)14-22(23)25-12-10-18(15-24)16-25/h2-9,18,22-23H,10-16,24H2,1H3/t18?,22-,23-/m1/s1. The molecule has 0 saturated carbocycles. The number of hydrogen-bond donors (Lipinski definition) is 1. The Balaban J connectivity index is 1.52. The molecule has 1 unspecified atom stereocenters. The minimum Gasteiger partial charge on any atom is -0.484 e. The molecule has 2 aromatic carbocycles. The maximum atomic E-state index is 6.55. The van der Waals surface area contributed by atoms with E-state index in [9.17, 15) is 0 Å². The third-order valence-electron chi connectivity index (χ3n) is 6.04. The number of fused-ring (bicyclic) bond motifs is 1.